The van der Waals surface area contributed by atoms with Crippen molar-refractivity contribution in [1.29, 1.82) is 0 Å². The van der Waals surface area contributed by atoms with E-state index in [1.807, 2.05) is 6.07 Å². The molecule has 0 unspecified atom stereocenters. The molecule has 1 aliphatic carbocycles. The molecule has 0 radical (unpaired) electrons. The van der Waals surface area contributed by atoms with Crippen LogP contribution >= 0.6 is 11.3 Å². The highest BCUT2D eigenvalue weighted by molar-refractivity contribution is 7.14. The van der Waals surface area contributed by atoms with Gasteiger partial charge in [0.15, 0.2) is 0 Å². The predicted octanol–water partition coefficient (Wildman–Crippen LogP) is 2.65. The maximum absolute atomic E-state index is 12.2. The van der Waals surface area contributed by atoms with Crippen molar-refractivity contribution in [3.63, 3.8) is 0 Å². The fourth-order valence-corrected chi connectivity index (χ4v) is 3.35. The zero-order valence-electron chi connectivity index (χ0n) is 9.35. The molecule has 3 rings (SSSR count). The third-order valence-corrected chi connectivity index (χ3v) is 4.25. The fourth-order valence-electron chi connectivity index (χ4n) is 2.15. The van der Waals surface area contributed by atoms with Gasteiger partial charge >= 0.3 is 0 Å². The number of ketones is 1. The lowest BCUT2D eigenvalue weighted by atomic mass is 9.99. The van der Waals surface area contributed by atoms with Crippen LogP contribution in [0.1, 0.15) is 38.6 Å². The summed E-state index contributed by atoms with van der Waals surface area (Å²) in [5.74, 6) is -0.00231. The number of thiophene rings is 1. The van der Waals surface area contributed by atoms with Crippen LogP contribution in [0.3, 0.4) is 0 Å². The third-order valence-electron chi connectivity index (χ3n) is 3.02. The Morgan fingerprint density at radius 3 is 2.88 bits per heavy atom. The summed E-state index contributed by atoms with van der Waals surface area (Å²) in [6.45, 7) is 0. The first-order chi connectivity index (χ1) is 8.34. The molecule has 0 fully saturated rings. The van der Waals surface area contributed by atoms with Crippen LogP contribution in [0.4, 0.5) is 0 Å². The summed E-state index contributed by atoms with van der Waals surface area (Å²) in [6, 6.07) is 2.04. The van der Waals surface area contributed by atoms with Gasteiger partial charge in [0.2, 0.25) is 5.78 Å². The molecule has 0 bridgehead atoms. The average molecular weight is 244 g/mol. The second-order valence-corrected chi connectivity index (χ2v) is 5.32. The van der Waals surface area contributed by atoms with Crippen molar-refractivity contribution in [3.8, 4) is 0 Å². The Labute approximate surface area is 104 Å². The van der Waals surface area contributed by atoms with Gasteiger partial charge in [0.05, 0.1) is 11.1 Å². The fraction of sp³-hybridized carbons (Fsp3) is 0.308. The molecule has 0 saturated carbocycles. The maximum Gasteiger partial charge on any atom is 0.222 e. The van der Waals surface area contributed by atoms with Crippen LogP contribution in [0.15, 0.2) is 24.7 Å². The first-order valence-electron chi connectivity index (χ1n) is 5.77. The molecule has 0 saturated heterocycles. The second-order valence-electron chi connectivity index (χ2n) is 4.19. The summed E-state index contributed by atoms with van der Waals surface area (Å²) in [7, 11) is 0. The summed E-state index contributed by atoms with van der Waals surface area (Å²) in [4.78, 5) is 22.3. The number of aryl methyl sites for hydroxylation is 2. The smallest absolute Gasteiger partial charge is 0.222 e. The molecule has 2 heterocycles. The molecule has 3 nitrogen and oxygen atoms in total. The molecule has 0 aromatic carbocycles. The number of hydrogen-bond donors (Lipinski definition) is 0. The summed E-state index contributed by atoms with van der Waals surface area (Å²) >= 11 is 1.62. The van der Waals surface area contributed by atoms with Gasteiger partial charge in [-0.1, -0.05) is 0 Å². The van der Waals surface area contributed by atoms with E-state index < -0.39 is 0 Å². The number of carbonyl (C=O) groups is 1. The number of carbonyl (C=O) groups excluding carboxylic acids is 1. The highest BCUT2D eigenvalue weighted by Crippen LogP contribution is 2.30. The molecular weight excluding hydrogens is 232 g/mol. The second kappa shape index (κ2) is 4.37. The average Bonchev–Trinajstić information content (AvgIpc) is 2.82. The first kappa shape index (κ1) is 10.6. The number of rotatable bonds is 2. The standard InChI is InChI=1S/C13H12N2OS/c16-13(10-8-14-5-6-15-10)12-7-9-3-1-2-4-11(9)17-12/h5-8H,1-4H2. The minimum Gasteiger partial charge on any atom is -0.286 e. The van der Waals surface area contributed by atoms with Crippen LogP contribution in [-0.4, -0.2) is 15.8 Å². The number of nitrogens with zero attached hydrogens (tertiary/aromatic N) is 2. The zero-order valence-corrected chi connectivity index (χ0v) is 10.2. The van der Waals surface area contributed by atoms with Crippen LogP contribution < -0.4 is 0 Å². The molecule has 0 atom stereocenters. The van der Waals surface area contributed by atoms with E-state index in [0.717, 1.165) is 17.7 Å². The molecule has 0 aliphatic heterocycles. The van der Waals surface area contributed by atoms with Crippen molar-refractivity contribution in [2.75, 3.05) is 0 Å². The molecular formula is C13H12N2OS. The Balaban J connectivity index is 1.94. The summed E-state index contributed by atoms with van der Waals surface area (Å²) < 4.78 is 0. The van der Waals surface area contributed by atoms with Gasteiger partial charge in [0.25, 0.3) is 0 Å². The molecule has 86 valence electrons. The van der Waals surface area contributed by atoms with Gasteiger partial charge in [-0.05, 0) is 37.3 Å². The lowest BCUT2D eigenvalue weighted by Gasteiger charge is -2.08. The Morgan fingerprint density at radius 2 is 2.12 bits per heavy atom. The van der Waals surface area contributed by atoms with Crippen LogP contribution in [0.2, 0.25) is 0 Å². The van der Waals surface area contributed by atoms with E-state index >= 15 is 0 Å². The zero-order chi connectivity index (χ0) is 11.7. The number of hydrogen-bond acceptors (Lipinski definition) is 4. The normalized spacial score (nSPS) is 14.4. The van der Waals surface area contributed by atoms with Gasteiger partial charge in [0, 0.05) is 17.3 Å². The molecule has 17 heavy (non-hydrogen) atoms. The van der Waals surface area contributed by atoms with Crippen molar-refractivity contribution in [2.45, 2.75) is 25.7 Å². The van der Waals surface area contributed by atoms with Gasteiger partial charge in [-0.15, -0.1) is 11.3 Å². The number of aromatic nitrogens is 2. The summed E-state index contributed by atoms with van der Waals surface area (Å²) in [5.41, 5.74) is 1.79. The Kier molecular flexibility index (Phi) is 2.73. The van der Waals surface area contributed by atoms with Crippen LogP contribution in [-0.2, 0) is 12.8 Å². The highest BCUT2D eigenvalue weighted by Gasteiger charge is 2.18. The molecule has 4 heteroatoms. The van der Waals surface area contributed by atoms with E-state index in [1.165, 1.54) is 29.5 Å². The van der Waals surface area contributed by atoms with E-state index in [2.05, 4.69) is 9.97 Å². The van der Waals surface area contributed by atoms with Crippen molar-refractivity contribution < 1.29 is 4.79 Å². The van der Waals surface area contributed by atoms with Crippen molar-refractivity contribution in [1.82, 2.24) is 9.97 Å². The van der Waals surface area contributed by atoms with E-state index in [0.29, 0.717) is 5.69 Å². The minimum atomic E-state index is -0.00231. The molecule has 2 aromatic rings. The Morgan fingerprint density at radius 1 is 1.24 bits per heavy atom. The Bertz CT molecular complexity index is 524. The molecule has 1 aliphatic rings. The summed E-state index contributed by atoms with van der Waals surface area (Å²) in [5, 5.41) is 0. The molecule has 2 aromatic heterocycles. The maximum atomic E-state index is 12.2. The Hall–Kier alpha value is -1.55. The van der Waals surface area contributed by atoms with Crippen molar-refractivity contribution in [3.05, 3.63) is 45.7 Å². The van der Waals surface area contributed by atoms with Crippen LogP contribution in [0, 0.1) is 0 Å². The minimum absolute atomic E-state index is 0.00231. The topological polar surface area (TPSA) is 42.9 Å². The largest absolute Gasteiger partial charge is 0.286 e. The van der Waals surface area contributed by atoms with Crippen LogP contribution in [0.25, 0.3) is 0 Å². The van der Waals surface area contributed by atoms with Gasteiger partial charge in [0.1, 0.15) is 5.69 Å². The molecule has 0 N–H and O–H groups in total. The van der Waals surface area contributed by atoms with Crippen LogP contribution in [0.5, 0.6) is 0 Å². The van der Waals surface area contributed by atoms with Gasteiger partial charge in [-0.25, -0.2) is 4.98 Å². The quantitative estimate of drug-likeness (QED) is 0.763. The van der Waals surface area contributed by atoms with E-state index in [1.54, 1.807) is 23.7 Å². The van der Waals surface area contributed by atoms with Gasteiger partial charge in [-0.2, -0.15) is 0 Å². The van der Waals surface area contributed by atoms with E-state index in [9.17, 15) is 4.79 Å². The van der Waals surface area contributed by atoms with Gasteiger partial charge in [-0.3, -0.25) is 9.78 Å². The SMILES string of the molecule is O=C(c1cnccn1)c1cc2c(s1)CCCC2. The molecule has 0 amide bonds. The van der Waals surface area contributed by atoms with Crippen molar-refractivity contribution >= 4 is 17.1 Å². The lowest BCUT2D eigenvalue weighted by molar-refractivity contribution is 0.103. The van der Waals surface area contributed by atoms with E-state index in [-0.39, 0.29) is 5.78 Å². The third kappa shape index (κ3) is 2.00. The monoisotopic (exact) mass is 244 g/mol. The predicted molar refractivity (Wildman–Crippen MR) is 66.4 cm³/mol. The first-order valence-corrected chi connectivity index (χ1v) is 6.58. The van der Waals surface area contributed by atoms with E-state index in [4.69, 9.17) is 0 Å². The number of fused-ring (bicyclic) bond motifs is 1. The van der Waals surface area contributed by atoms with Crippen molar-refractivity contribution in [2.24, 2.45) is 0 Å². The van der Waals surface area contributed by atoms with Gasteiger partial charge < -0.3 is 0 Å². The highest BCUT2D eigenvalue weighted by atomic mass is 32.1. The summed E-state index contributed by atoms with van der Waals surface area (Å²) in [6.07, 6.45) is 9.38. The molecule has 0 spiro atoms. The lowest BCUT2D eigenvalue weighted by Crippen LogP contribution is -2.01.